The Kier molecular flexibility index (Phi) is 5.08. The lowest BCUT2D eigenvalue weighted by Gasteiger charge is -2.29. The Labute approximate surface area is 146 Å². The van der Waals surface area contributed by atoms with E-state index in [4.69, 9.17) is 4.74 Å². The fourth-order valence-electron chi connectivity index (χ4n) is 3.30. The summed E-state index contributed by atoms with van der Waals surface area (Å²) in [6, 6.07) is 15.8. The van der Waals surface area contributed by atoms with Crippen molar-refractivity contribution < 1.29 is 18.7 Å². The first-order valence-electron chi connectivity index (χ1n) is 8.32. The first-order chi connectivity index (χ1) is 12.1. The van der Waals surface area contributed by atoms with Crippen LogP contribution in [0.15, 0.2) is 60.7 Å². The minimum Gasteiger partial charge on any atom is -0.465 e. The SMILES string of the molecule is CCOC(=O)C1C(=O)C=C(c2ccccc2)CC1c1ccccc1F. The van der Waals surface area contributed by atoms with Crippen LogP contribution in [0.4, 0.5) is 4.39 Å². The van der Waals surface area contributed by atoms with E-state index >= 15 is 0 Å². The summed E-state index contributed by atoms with van der Waals surface area (Å²) in [5, 5.41) is 0. The highest BCUT2D eigenvalue weighted by atomic mass is 19.1. The van der Waals surface area contributed by atoms with Gasteiger partial charge in [0, 0.05) is 5.92 Å². The van der Waals surface area contributed by atoms with E-state index < -0.39 is 23.6 Å². The summed E-state index contributed by atoms with van der Waals surface area (Å²) >= 11 is 0. The summed E-state index contributed by atoms with van der Waals surface area (Å²) in [6.07, 6.45) is 1.90. The Morgan fingerprint density at radius 3 is 2.48 bits per heavy atom. The number of ketones is 1. The molecule has 0 amide bonds. The monoisotopic (exact) mass is 338 g/mol. The summed E-state index contributed by atoms with van der Waals surface area (Å²) in [6.45, 7) is 1.87. The smallest absolute Gasteiger partial charge is 0.317 e. The van der Waals surface area contributed by atoms with Crippen molar-refractivity contribution in [3.63, 3.8) is 0 Å². The van der Waals surface area contributed by atoms with Crippen LogP contribution in [0.3, 0.4) is 0 Å². The molecule has 0 heterocycles. The van der Waals surface area contributed by atoms with Crippen LogP contribution in [0.2, 0.25) is 0 Å². The van der Waals surface area contributed by atoms with Crippen molar-refractivity contribution in [1.82, 2.24) is 0 Å². The molecule has 25 heavy (non-hydrogen) atoms. The van der Waals surface area contributed by atoms with Gasteiger partial charge in [-0.25, -0.2) is 4.39 Å². The third-order valence-electron chi connectivity index (χ3n) is 4.46. The number of hydrogen-bond donors (Lipinski definition) is 0. The van der Waals surface area contributed by atoms with Crippen LogP contribution in [0.1, 0.15) is 30.4 Å². The minimum absolute atomic E-state index is 0.182. The average Bonchev–Trinajstić information content (AvgIpc) is 2.62. The molecule has 0 bridgehead atoms. The number of carbonyl (C=O) groups excluding carboxylic acids is 2. The molecule has 128 valence electrons. The molecule has 3 rings (SSSR count). The molecule has 0 saturated heterocycles. The molecular formula is C21H19FO3. The first-order valence-corrected chi connectivity index (χ1v) is 8.32. The molecule has 2 aromatic carbocycles. The zero-order valence-electron chi connectivity index (χ0n) is 13.9. The van der Waals surface area contributed by atoms with Gasteiger partial charge in [-0.15, -0.1) is 0 Å². The van der Waals surface area contributed by atoms with Crippen molar-refractivity contribution in [2.45, 2.75) is 19.3 Å². The van der Waals surface area contributed by atoms with Crippen molar-refractivity contribution in [2.75, 3.05) is 6.61 Å². The first kappa shape index (κ1) is 17.1. The molecule has 1 aliphatic carbocycles. The maximum atomic E-state index is 14.4. The Bertz CT molecular complexity index is 811. The topological polar surface area (TPSA) is 43.4 Å². The molecule has 2 aromatic rings. The second kappa shape index (κ2) is 7.43. The lowest BCUT2D eigenvalue weighted by molar-refractivity contribution is -0.151. The van der Waals surface area contributed by atoms with Gasteiger partial charge in [0.1, 0.15) is 11.7 Å². The van der Waals surface area contributed by atoms with Crippen LogP contribution in [0.25, 0.3) is 5.57 Å². The lowest BCUT2D eigenvalue weighted by atomic mass is 9.73. The third-order valence-corrected chi connectivity index (χ3v) is 4.46. The van der Waals surface area contributed by atoms with E-state index in [1.807, 2.05) is 30.3 Å². The largest absolute Gasteiger partial charge is 0.465 e. The minimum atomic E-state index is -1.01. The Hall–Kier alpha value is -2.75. The van der Waals surface area contributed by atoms with Crippen LogP contribution in [0, 0.1) is 11.7 Å². The van der Waals surface area contributed by atoms with Crippen molar-refractivity contribution in [2.24, 2.45) is 5.92 Å². The molecule has 4 heteroatoms. The molecule has 0 N–H and O–H groups in total. The van der Waals surface area contributed by atoms with Crippen LogP contribution >= 0.6 is 0 Å². The molecule has 2 atom stereocenters. The number of ether oxygens (including phenoxy) is 1. The summed E-state index contributed by atoms with van der Waals surface area (Å²) in [5.41, 5.74) is 2.08. The predicted molar refractivity (Wildman–Crippen MR) is 93.3 cm³/mol. The highest BCUT2D eigenvalue weighted by molar-refractivity contribution is 6.10. The zero-order valence-corrected chi connectivity index (χ0v) is 13.9. The van der Waals surface area contributed by atoms with Crippen LogP contribution in [-0.2, 0) is 14.3 Å². The molecule has 0 radical (unpaired) electrons. The van der Waals surface area contributed by atoms with E-state index in [-0.39, 0.29) is 12.4 Å². The Morgan fingerprint density at radius 2 is 1.80 bits per heavy atom. The van der Waals surface area contributed by atoms with E-state index in [0.29, 0.717) is 12.0 Å². The van der Waals surface area contributed by atoms with Gasteiger partial charge in [-0.05, 0) is 42.2 Å². The fourth-order valence-corrected chi connectivity index (χ4v) is 3.30. The van der Waals surface area contributed by atoms with Gasteiger partial charge in [-0.1, -0.05) is 48.5 Å². The summed E-state index contributed by atoms with van der Waals surface area (Å²) in [7, 11) is 0. The van der Waals surface area contributed by atoms with Gasteiger partial charge in [0.05, 0.1) is 6.61 Å². The number of allylic oxidation sites excluding steroid dienone is 2. The molecule has 0 spiro atoms. The van der Waals surface area contributed by atoms with E-state index in [9.17, 15) is 14.0 Å². The van der Waals surface area contributed by atoms with Gasteiger partial charge in [0.2, 0.25) is 0 Å². The molecule has 0 aliphatic heterocycles. The molecule has 0 aromatic heterocycles. The average molecular weight is 338 g/mol. The van der Waals surface area contributed by atoms with Crippen molar-refractivity contribution >= 4 is 17.3 Å². The molecular weight excluding hydrogens is 319 g/mol. The maximum absolute atomic E-state index is 14.4. The predicted octanol–water partition coefficient (Wildman–Crippen LogP) is 4.15. The standard InChI is InChI=1S/C21H19FO3/c1-2-25-21(24)20-17(16-10-6-7-11-18(16)22)12-15(13-19(20)23)14-8-4-3-5-9-14/h3-11,13,17,20H,2,12H2,1H3. The number of hydrogen-bond acceptors (Lipinski definition) is 3. The van der Waals surface area contributed by atoms with Crippen LogP contribution in [0.5, 0.6) is 0 Å². The lowest BCUT2D eigenvalue weighted by Crippen LogP contribution is -2.34. The summed E-state index contributed by atoms with van der Waals surface area (Å²) in [4.78, 5) is 25.0. The second-order valence-electron chi connectivity index (χ2n) is 6.00. The zero-order chi connectivity index (χ0) is 17.8. The number of halogens is 1. The van der Waals surface area contributed by atoms with Crippen molar-refractivity contribution in [3.05, 3.63) is 77.6 Å². The van der Waals surface area contributed by atoms with E-state index in [2.05, 4.69) is 0 Å². The molecule has 0 fully saturated rings. The summed E-state index contributed by atoms with van der Waals surface area (Å²) < 4.78 is 19.4. The number of esters is 1. The van der Waals surface area contributed by atoms with E-state index in [1.165, 1.54) is 12.1 Å². The second-order valence-corrected chi connectivity index (χ2v) is 6.00. The number of benzene rings is 2. The van der Waals surface area contributed by atoms with E-state index in [1.54, 1.807) is 25.1 Å². The molecule has 0 saturated carbocycles. The molecule has 1 aliphatic rings. The molecule has 2 unspecified atom stereocenters. The highest BCUT2D eigenvalue weighted by Crippen LogP contribution is 2.41. The van der Waals surface area contributed by atoms with Gasteiger partial charge in [-0.3, -0.25) is 9.59 Å². The third kappa shape index (κ3) is 3.53. The van der Waals surface area contributed by atoms with Gasteiger partial charge in [0.15, 0.2) is 5.78 Å². The number of carbonyl (C=O) groups is 2. The molecule has 3 nitrogen and oxygen atoms in total. The normalized spacial score (nSPS) is 20.1. The van der Waals surface area contributed by atoms with Crippen LogP contribution in [-0.4, -0.2) is 18.4 Å². The van der Waals surface area contributed by atoms with Gasteiger partial charge >= 0.3 is 5.97 Å². The van der Waals surface area contributed by atoms with Gasteiger partial charge < -0.3 is 4.74 Å². The Balaban J connectivity index is 2.05. The maximum Gasteiger partial charge on any atom is 0.317 e. The summed E-state index contributed by atoms with van der Waals surface area (Å²) in [5.74, 6) is -2.93. The Morgan fingerprint density at radius 1 is 1.12 bits per heavy atom. The number of rotatable bonds is 4. The van der Waals surface area contributed by atoms with Crippen molar-refractivity contribution in [1.29, 1.82) is 0 Å². The quantitative estimate of drug-likeness (QED) is 0.621. The highest BCUT2D eigenvalue weighted by Gasteiger charge is 2.40. The van der Waals surface area contributed by atoms with Crippen LogP contribution < -0.4 is 0 Å². The van der Waals surface area contributed by atoms with E-state index in [0.717, 1.165) is 11.1 Å². The van der Waals surface area contributed by atoms with Crippen molar-refractivity contribution in [3.8, 4) is 0 Å². The van der Waals surface area contributed by atoms with Gasteiger partial charge in [-0.2, -0.15) is 0 Å². The van der Waals surface area contributed by atoms with Gasteiger partial charge in [0.25, 0.3) is 0 Å². The fraction of sp³-hybridized carbons (Fsp3) is 0.238.